The molecule has 0 aromatic heterocycles. The van der Waals surface area contributed by atoms with Crippen LogP contribution in [0.4, 0.5) is 4.39 Å². The zero-order valence-electron chi connectivity index (χ0n) is 23.8. The Morgan fingerprint density at radius 1 is 0.872 bits per heavy atom. The molecule has 2 aromatic carbocycles. The van der Waals surface area contributed by atoms with Gasteiger partial charge in [-0.2, -0.15) is 0 Å². The van der Waals surface area contributed by atoms with Crippen molar-refractivity contribution in [2.45, 2.75) is 110 Å². The smallest absolute Gasteiger partial charge is 0.340 e. The van der Waals surface area contributed by atoms with E-state index in [4.69, 9.17) is 14.2 Å². The fourth-order valence-corrected chi connectivity index (χ4v) is 5.47. The topological polar surface area (TPSA) is 44.8 Å². The van der Waals surface area contributed by atoms with E-state index in [9.17, 15) is 9.18 Å². The van der Waals surface area contributed by atoms with Crippen LogP contribution in [0, 0.1) is 5.92 Å². The van der Waals surface area contributed by atoms with E-state index in [0.29, 0.717) is 18.9 Å². The summed E-state index contributed by atoms with van der Waals surface area (Å²) in [7, 11) is 0. The summed E-state index contributed by atoms with van der Waals surface area (Å²) in [4.78, 5) is 11.9. The van der Waals surface area contributed by atoms with Crippen molar-refractivity contribution in [3.8, 4) is 22.6 Å². The number of rotatable bonds is 17. The number of benzene rings is 2. The van der Waals surface area contributed by atoms with Gasteiger partial charge < -0.3 is 14.2 Å². The van der Waals surface area contributed by atoms with E-state index in [1.165, 1.54) is 32.1 Å². The van der Waals surface area contributed by atoms with Gasteiger partial charge >= 0.3 is 5.97 Å². The molecule has 39 heavy (non-hydrogen) atoms. The number of unbranched alkanes of at least 4 members (excludes halogenated alkanes) is 6. The highest BCUT2D eigenvalue weighted by Crippen LogP contribution is 2.32. The number of hydrogen-bond acceptors (Lipinski definition) is 4. The van der Waals surface area contributed by atoms with Gasteiger partial charge in [-0.25, -0.2) is 9.18 Å². The second-order valence-electron chi connectivity index (χ2n) is 10.8. The molecule has 1 aliphatic rings. The monoisotopic (exact) mass is 604 g/mol. The normalized spacial score (nSPS) is 17.9. The van der Waals surface area contributed by atoms with Gasteiger partial charge in [0.2, 0.25) is 0 Å². The number of carbonyl (C=O) groups is 1. The second kappa shape index (κ2) is 17.6. The highest BCUT2D eigenvalue weighted by molar-refractivity contribution is 9.10. The number of halogens is 2. The lowest BCUT2D eigenvalue weighted by molar-refractivity contribution is -0.157. The van der Waals surface area contributed by atoms with Crippen LogP contribution in [-0.4, -0.2) is 31.5 Å². The third kappa shape index (κ3) is 11.1. The quantitative estimate of drug-likeness (QED) is 0.133. The Morgan fingerprint density at radius 3 is 2.23 bits per heavy atom. The predicted octanol–water partition coefficient (Wildman–Crippen LogP) is 9.86. The molecule has 0 unspecified atom stereocenters. The Balaban J connectivity index is 1.37. The van der Waals surface area contributed by atoms with Crippen LogP contribution in [0.5, 0.6) is 11.5 Å². The minimum atomic E-state index is -1.49. The summed E-state index contributed by atoms with van der Waals surface area (Å²) in [5, 5.41) is 0. The third-order valence-electron chi connectivity index (χ3n) is 7.50. The van der Waals surface area contributed by atoms with Crippen molar-refractivity contribution in [2.75, 3.05) is 13.2 Å². The molecule has 0 saturated heterocycles. The van der Waals surface area contributed by atoms with E-state index in [0.717, 1.165) is 72.2 Å². The maximum Gasteiger partial charge on any atom is 0.340 e. The SMILES string of the molecule is CCCCCCCCOc1ccc(-c2ccc(OC[C@H]3CC[C@H](OC(=O)[C@@H](F)CCCC)CC3)cc2)cc1Br. The van der Waals surface area contributed by atoms with Crippen molar-refractivity contribution in [3.05, 3.63) is 46.9 Å². The molecule has 216 valence electrons. The lowest BCUT2D eigenvalue weighted by atomic mass is 9.88. The van der Waals surface area contributed by atoms with Crippen LogP contribution in [0.15, 0.2) is 46.9 Å². The fraction of sp³-hybridized carbons (Fsp3) is 0.606. The van der Waals surface area contributed by atoms with Crippen molar-refractivity contribution in [1.29, 1.82) is 0 Å². The Kier molecular flexibility index (Phi) is 14.2. The molecule has 0 heterocycles. The molecule has 1 saturated carbocycles. The summed E-state index contributed by atoms with van der Waals surface area (Å²) in [5.41, 5.74) is 2.25. The zero-order valence-corrected chi connectivity index (χ0v) is 25.4. The van der Waals surface area contributed by atoms with Crippen molar-refractivity contribution < 1.29 is 23.4 Å². The minimum Gasteiger partial charge on any atom is -0.493 e. The molecule has 2 aromatic rings. The van der Waals surface area contributed by atoms with Gasteiger partial charge in [-0.05, 0) is 95.8 Å². The summed E-state index contributed by atoms with van der Waals surface area (Å²) >= 11 is 3.67. The zero-order chi connectivity index (χ0) is 27.9. The first-order valence-corrected chi connectivity index (χ1v) is 15.8. The minimum absolute atomic E-state index is 0.167. The molecule has 6 heteroatoms. The van der Waals surface area contributed by atoms with Gasteiger partial charge in [-0.3, -0.25) is 0 Å². The molecule has 1 atom stereocenters. The van der Waals surface area contributed by atoms with Gasteiger partial charge in [0.1, 0.15) is 17.6 Å². The third-order valence-corrected chi connectivity index (χ3v) is 8.12. The molecule has 1 aliphatic carbocycles. The molecule has 0 bridgehead atoms. The number of hydrogen-bond donors (Lipinski definition) is 0. The molecule has 3 rings (SSSR count). The predicted molar refractivity (Wildman–Crippen MR) is 160 cm³/mol. The molecule has 0 aliphatic heterocycles. The summed E-state index contributed by atoms with van der Waals surface area (Å²) in [6.45, 7) is 5.61. The Labute approximate surface area is 243 Å². The van der Waals surface area contributed by atoms with E-state index in [1.54, 1.807) is 0 Å². The van der Waals surface area contributed by atoms with Gasteiger partial charge in [-0.15, -0.1) is 0 Å². The largest absolute Gasteiger partial charge is 0.493 e. The molecular formula is C33H46BrFO4. The average molecular weight is 606 g/mol. The highest BCUT2D eigenvalue weighted by Gasteiger charge is 2.27. The van der Waals surface area contributed by atoms with E-state index < -0.39 is 12.1 Å². The summed E-state index contributed by atoms with van der Waals surface area (Å²) in [6, 6.07) is 14.4. The standard InChI is InChI=1S/C33H46BrFO4/c1-3-5-7-8-9-10-22-37-32-21-16-27(23-30(32)34)26-14-19-28(20-15-26)38-24-25-12-17-29(18-13-25)39-33(36)31(35)11-6-4-2/h14-16,19-21,23,25,29,31H,3-13,17-18,22,24H2,1-2H3/t25-,29-,31-/m0/s1. The van der Waals surface area contributed by atoms with Crippen molar-refractivity contribution >= 4 is 21.9 Å². The van der Waals surface area contributed by atoms with Gasteiger partial charge in [0.05, 0.1) is 17.7 Å². The molecule has 1 fully saturated rings. The Hall–Kier alpha value is -2.08. The van der Waals surface area contributed by atoms with Crippen LogP contribution in [0.25, 0.3) is 11.1 Å². The number of esters is 1. The van der Waals surface area contributed by atoms with E-state index in [1.807, 2.05) is 25.1 Å². The highest BCUT2D eigenvalue weighted by atomic mass is 79.9. The van der Waals surface area contributed by atoms with Crippen LogP contribution >= 0.6 is 15.9 Å². The van der Waals surface area contributed by atoms with Crippen molar-refractivity contribution in [3.63, 3.8) is 0 Å². The maximum atomic E-state index is 13.9. The van der Waals surface area contributed by atoms with E-state index in [-0.39, 0.29) is 12.5 Å². The van der Waals surface area contributed by atoms with Crippen molar-refractivity contribution in [2.24, 2.45) is 5.92 Å². The first kappa shape index (κ1) is 31.4. The van der Waals surface area contributed by atoms with E-state index >= 15 is 0 Å². The van der Waals surface area contributed by atoms with Gasteiger partial charge in [-0.1, -0.05) is 77.0 Å². The summed E-state index contributed by atoms with van der Waals surface area (Å²) < 4.78 is 32.3. The molecular weight excluding hydrogens is 559 g/mol. The fourth-order valence-electron chi connectivity index (χ4n) is 4.98. The Bertz CT molecular complexity index is 972. The van der Waals surface area contributed by atoms with Crippen LogP contribution in [0.1, 0.15) is 97.3 Å². The molecule has 0 radical (unpaired) electrons. The van der Waals surface area contributed by atoms with Gasteiger partial charge in [0.15, 0.2) is 6.17 Å². The first-order chi connectivity index (χ1) is 19.0. The number of carbonyl (C=O) groups excluding carboxylic acids is 1. The molecule has 0 amide bonds. The average Bonchev–Trinajstić information content (AvgIpc) is 2.96. The summed E-state index contributed by atoms with van der Waals surface area (Å²) in [6.07, 6.45) is 11.1. The van der Waals surface area contributed by atoms with Crippen molar-refractivity contribution in [1.82, 2.24) is 0 Å². The number of ether oxygens (including phenoxy) is 3. The van der Waals surface area contributed by atoms with Gasteiger partial charge in [0, 0.05) is 0 Å². The van der Waals surface area contributed by atoms with E-state index in [2.05, 4.69) is 47.1 Å². The van der Waals surface area contributed by atoms with Crippen LogP contribution in [-0.2, 0) is 9.53 Å². The first-order valence-electron chi connectivity index (χ1n) is 15.0. The molecule has 0 N–H and O–H groups in total. The Morgan fingerprint density at radius 2 is 1.54 bits per heavy atom. The maximum absolute atomic E-state index is 13.9. The lowest BCUT2D eigenvalue weighted by Gasteiger charge is -2.28. The van der Waals surface area contributed by atoms with Crippen LogP contribution < -0.4 is 9.47 Å². The summed E-state index contributed by atoms with van der Waals surface area (Å²) in [5.74, 6) is 1.46. The van der Waals surface area contributed by atoms with Crippen LogP contribution in [0.2, 0.25) is 0 Å². The van der Waals surface area contributed by atoms with Crippen LogP contribution in [0.3, 0.4) is 0 Å². The number of alkyl halides is 1. The molecule has 0 spiro atoms. The second-order valence-corrected chi connectivity index (χ2v) is 11.6. The lowest BCUT2D eigenvalue weighted by Crippen LogP contribution is -2.30. The molecule has 4 nitrogen and oxygen atoms in total. The van der Waals surface area contributed by atoms with Gasteiger partial charge in [0.25, 0.3) is 0 Å².